The molecule has 0 aromatic carbocycles. The van der Waals surface area contributed by atoms with Crippen LogP contribution in [0.4, 0.5) is 14.6 Å². The highest BCUT2D eigenvalue weighted by Gasteiger charge is 2.34. The Morgan fingerprint density at radius 2 is 1.93 bits per heavy atom. The maximum absolute atomic E-state index is 14.3. The average molecular weight is 426 g/mol. The number of aromatic nitrogens is 3. The standard InChI is InChI=1S/C18H20F2N4O4S/c1-18(2,3)29(26,27)15-7-13-11(10-6-12(19)17(21)23-16(10)20)8-22-24(13)9-14(15)28-5-4-25/h6-9,25H,4-5H2,1-3H3,(H2,21,23). The van der Waals surface area contributed by atoms with E-state index in [1.807, 2.05) is 0 Å². The van der Waals surface area contributed by atoms with E-state index < -0.39 is 32.2 Å². The molecule has 3 aromatic rings. The van der Waals surface area contributed by atoms with Crippen molar-refractivity contribution < 1.29 is 27.0 Å². The number of hydrogen-bond donors (Lipinski definition) is 2. The van der Waals surface area contributed by atoms with Gasteiger partial charge >= 0.3 is 0 Å². The van der Waals surface area contributed by atoms with Crippen LogP contribution in [0.5, 0.6) is 5.75 Å². The van der Waals surface area contributed by atoms with Crippen molar-refractivity contribution in [3.8, 4) is 16.9 Å². The Morgan fingerprint density at radius 1 is 1.24 bits per heavy atom. The van der Waals surface area contributed by atoms with Gasteiger partial charge in [-0.05, 0) is 32.9 Å². The molecule has 11 heteroatoms. The van der Waals surface area contributed by atoms with Crippen LogP contribution in [0, 0.1) is 11.8 Å². The largest absolute Gasteiger partial charge is 0.488 e. The van der Waals surface area contributed by atoms with E-state index in [9.17, 15) is 17.2 Å². The van der Waals surface area contributed by atoms with Crippen LogP contribution in [0.15, 0.2) is 29.4 Å². The number of sulfone groups is 1. The summed E-state index contributed by atoms with van der Waals surface area (Å²) >= 11 is 0. The maximum Gasteiger partial charge on any atom is 0.223 e. The lowest BCUT2D eigenvalue weighted by Gasteiger charge is -2.21. The maximum atomic E-state index is 14.3. The highest BCUT2D eigenvalue weighted by molar-refractivity contribution is 7.92. The molecule has 3 rings (SSSR count). The number of hydrogen-bond acceptors (Lipinski definition) is 7. The van der Waals surface area contributed by atoms with E-state index in [1.165, 1.54) is 43.7 Å². The number of aliphatic hydroxyl groups excluding tert-OH is 1. The Kier molecular flexibility index (Phi) is 5.22. The van der Waals surface area contributed by atoms with Crippen LogP contribution in [0.25, 0.3) is 16.6 Å². The second-order valence-electron chi connectivity index (χ2n) is 7.27. The smallest absolute Gasteiger partial charge is 0.223 e. The van der Waals surface area contributed by atoms with Crippen molar-refractivity contribution in [1.29, 1.82) is 0 Å². The molecule has 156 valence electrons. The number of anilines is 1. The fourth-order valence-corrected chi connectivity index (χ4v) is 3.97. The highest BCUT2D eigenvalue weighted by Crippen LogP contribution is 2.36. The summed E-state index contributed by atoms with van der Waals surface area (Å²) in [5.74, 6) is -2.53. The molecule has 0 bridgehead atoms. The molecule has 29 heavy (non-hydrogen) atoms. The summed E-state index contributed by atoms with van der Waals surface area (Å²) in [6, 6.07) is 2.16. The van der Waals surface area contributed by atoms with E-state index in [2.05, 4.69) is 10.1 Å². The SMILES string of the molecule is CC(C)(C)S(=O)(=O)c1cc2c(-c3cc(F)c(N)nc3F)cnn2cc1OCCO. The van der Waals surface area contributed by atoms with Gasteiger partial charge in [0, 0.05) is 11.1 Å². The molecular weight excluding hydrogens is 406 g/mol. The summed E-state index contributed by atoms with van der Waals surface area (Å²) in [5.41, 5.74) is 5.41. The minimum atomic E-state index is -3.88. The molecule has 3 N–H and O–H groups in total. The molecule has 0 saturated heterocycles. The van der Waals surface area contributed by atoms with E-state index in [1.54, 1.807) is 0 Å². The van der Waals surface area contributed by atoms with Gasteiger partial charge < -0.3 is 15.6 Å². The molecular formula is C18H20F2N4O4S. The van der Waals surface area contributed by atoms with E-state index in [0.29, 0.717) is 0 Å². The minimum Gasteiger partial charge on any atom is -0.488 e. The van der Waals surface area contributed by atoms with E-state index in [4.69, 9.17) is 15.6 Å². The summed E-state index contributed by atoms with van der Waals surface area (Å²) < 4.78 is 59.9. The van der Waals surface area contributed by atoms with Gasteiger partial charge in [0.25, 0.3) is 0 Å². The Labute approximate surface area is 165 Å². The van der Waals surface area contributed by atoms with Gasteiger partial charge in [0.05, 0.1) is 29.3 Å². The average Bonchev–Trinajstić information content (AvgIpc) is 3.03. The lowest BCUT2D eigenvalue weighted by Crippen LogP contribution is -2.28. The normalized spacial score (nSPS) is 12.5. The van der Waals surface area contributed by atoms with Crippen molar-refractivity contribution >= 4 is 21.2 Å². The molecule has 0 fully saturated rings. The van der Waals surface area contributed by atoms with Gasteiger partial charge in [-0.15, -0.1) is 0 Å². The molecule has 0 aliphatic carbocycles. The fourth-order valence-electron chi connectivity index (χ4n) is 2.67. The number of fused-ring (bicyclic) bond motifs is 1. The van der Waals surface area contributed by atoms with Crippen LogP contribution >= 0.6 is 0 Å². The van der Waals surface area contributed by atoms with Gasteiger partial charge in [0.2, 0.25) is 5.95 Å². The molecule has 0 aliphatic rings. The van der Waals surface area contributed by atoms with Crippen LogP contribution < -0.4 is 10.5 Å². The zero-order valence-corrected chi connectivity index (χ0v) is 16.8. The molecule has 3 aromatic heterocycles. The van der Waals surface area contributed by atoms with Crippen molar-refractivity contribution in [1.82, 2.24) is 14.6 Å². The predicted octanol–water partition coefficient (Wildman–Crippen LogP) is 2.20. The highest BCUT2D eigenvalue weighted by atomic mass is 32.2. The van der Waals surface area contributed by atoms with Crippen LogP contribution in [-0.4, -0.2) is 46.1 Å². The topological polar surface area (TPSA) is 120 Å². The van der Waals surface area contributed by atoms with Crippen molar-refractivity contribution in [2.24, 2.45) is 0 Å². The summed E-state index contributed by atoms with van der Waals surface area (Å²) in [7, 11) is -3.88. The van der Waals surface area contributed by atoms with Gasteiger partial charge in [-0.2, -0.15) is 14.5 Å². The summed E-state index contributed by atoms with van der Waals surface area (Å²) in [6.45, 7) is 4.13. The first-order valence-electron chi connectivity index (χ1n) is 8.59. The summed E-state index contributed by atoms with van der Waals surface area (Å²) in [6.07, 6.45) is 2.57. The molecule has 0 amide bonds. The first kappa shape index (κ1) is 20.9. The quantitative estimate of drug-likeness (QED) is 0.600. The van der Waals surface area contributed by atoms with Crippen LogP contribution in [-0.2, 0) is 9.84 Å². The van der Waals surface area contributed by atoms with E-state index >= 15 is 0 Å². The van der Waals surface area contributed by atoms with Gasteiger partial charge in [0.15, 0.2) is 27.2 Å². The Hall–Kier alpha value is -2.79. The van der Waals surface area contributed by atoms with Gasteiger partial charge in [-0.25, -0.2) is 17.3 Å². The Balaban J connectivity index is 2.31. The lowest BCUT2D eigenvalue weighted by molar-refractivity contribution is 0.197. The third-order valence-corrected chi connectivity index (χ3v) is 6.79. The predicted molar refractivity (Wildman–Crippen MR) is 102 cm³/mol. The number of pyridine rings is 2. The van der Waals surface area contributed by atoms with E-state index in [0.717, 1.165) is 6.07 Å². The molecule has 0 spiro atoms. The Morgan fingerprint density at radius 3 is 2.55 bits per heavy atom. The zero-order chi connectivity index (χ0) is 21.6. The Bertz CT molecular complexity index is 1190. The number of nitrogen functional groups attached to an aromatic ring is 1. The first-order chi connectivity index (χ1) is 13.5. The van der Waals surface area contributed by atoms with Crippen LogP contribution in [0.2, 0.25) is 0 Å². The molecule has 3 heterocycles. The lowest BCUT2D eigenvalue weighted by atomic mass is 10.1. The number of rotatable bonds is 5. The van der Waals surface area contributed by atoms with E-state index in [-0.39, 0.29) is 40.5 Å². The zero-order valence-electron chi connectivity index (χ0n) is 16.0. The molecule has 0 unspecified atom stereocenters. The number of aliphatic hydroxyl groups is 1. The van der Waals surface area contributed by atoms with Gasteiger partial charge in [-0.1, -0.05) is 0 Å². The molecule has 0 radical (unpaired) electrons. The van der Waals surface area contributed by atoms with Crippen molar-refractivity contribution in [3.05, 3.63) is 36.3 Å². The number of halogens is 2. The molecule has 0 atom stereocenters. The molecule has 8 nitrogen and oxygen atoms in total. The number of nitrogens with two attached hydrogens (primary N) is 1. The third-order valence-electron chi connectivity index (χ3n) is 4.28. The van der Waals surface area contributed by atoms with Crippen molar-refractivity contribution in [2.45, 2.75) is 30.4 Å². The van der Waals surface area contributed by atoms with Crippen LogP contribution in [0.3, 0.4) is 0 Å². The van der Waals surface area contributed by atoms with Gasteiger partial charge in [-0.3, -0.25) is 0 Å². The molecule has 0 aliphatic heterocycles. The molecule has 0 saturated carbocycles. The van der Waals surface area contributed by atoms with Crippen molar-refractivity contribution in [3.63, 3.8) is 0 Å². The van der Waals surface area contributed by atoms with Crippen LogP contribution in [0.1, 0.15) is 20.8 Å². The minimum absolute atomic E-state index is 0.0155. The monoisotopic (exact) mass is 426 g/mol. The summed E-state index contributed by atoms with van der Waals surface area (Å²) in [4.78, 5) is 3.18. The fraction of sp³-hybridized carbons (Fsp3) is 0.333. The second-order valence-corrected chi connectivity index (χ2v) is 9.94. The second kappa shape index (κ2) is 7.23. The third kappa shape index (κ3) is 3.62. The summed E-state index contributed by atoms with van der Waals surface area (Å²) in [5, 5.41) is 13.1. The first-order valence-corrected chi connectivity index (χ1v) is 10.1. The number of ether oxygens (including phenoxy) is 1. The number of nitrogens with zero attached hydrogens (tertiary/aromatic N) is 3. The van der Waals surface area contributed by atoms with Gasteiger partial charge in [0.1, 0.15) is 11.5 Å². The van der Waals surface area contributed by atoms with Crippen molar-refractivity contribution in [2.75, 3.05) is 18.9 Å².